The molecular formula is C17H28IN3O. The number of guanidine groups is 1. The van der Waals surface area contributed by atoms with Crippen molar-refractivity contribution in [3.8, 4) is 5.75 Å². The first kappa shape index (κ1) is 19.1. The number of ether oxygens (including phenoxy) is 1. The van der Waals surface area contributed by atoms with Crippen molar-refractivity contribution in [3.63, 3.8) is 0 Å². The summed E-state index contributed by atoms with van der Waals surface area (Å²) in [7, 11) is 0. The fourth-order valence-corrected chi connectivity index (χ4v) is 2.53. The van der Waals surface area contributed by atoms with Gasteiger partial charge in [0, 0.05) is 19.6 Å². The summed E-state index contributed by atoms with van der Waals surface area (Å²) < 4.78 is 5.93. The lowest BCUT2D eigenvalue weighted by Gasteiger charge is -2.21. The molecule has 5 heteroatoms. The molecule has 0 radical (unpaired) electrons. The molecule has 22 heavy (non-hydrogen) atoms. The van der Waals surface area contributed by atoms with Gasteiger partial charge >= 0.3 is 0 Å². The molecule has 0 saturated carbocycles. The van der Waals surface area contributed by atoms with E-state index >= 15 is 0 Å². The second-order valence-corrected chi connectivity index (χ2v) is 5.63. The van der Waals surface area contributed by atoms with Crippen molar-refractivity contribution in [2.75, 3.05) is 26.2 Å². The topological polar surface area (TPSA) is 36.9 Å². The van der Waals surface area contributed by atoms with Gasteiger partial charge in [-0.2, -0.15) is 0 Å². The lowest BCUT2D eigenvalue weighted by Crippen LogP contribution is -2.40. The zero-order valence-electron chi connectivity index (χ0n) is 13.8. The first-order chi connectivity index (χ1) is 10.2. The summed E-state index contributed by atoms with van der Waals surface area (Å²) in [4.78, 5) is 7.06. The van der Waals surface area contributed by atoms with E-state index in [0.717, 1.165) is 31.3 Å². The highest BCUT2D eigenvalue weighted by molar-refractivity contribution is 14.0. The summed E-state index contributed by atoms with van der Waals surface area (Å²) in [5.74, 6) is 1.94. The Morgan fingerprint density at radius 2 is 2.09 bits per heavy atom. The fourth-order valence-electron chi connectivity index (χ4n) is 2.53. The van der Waals surface area contributed by atoms with E-state index in [0.29, 0.717) is 6.54 Å². The normalized spacial score (nSPS) is 16.1. The molecule has 0 aliphatic carbocycles. The molecule has 0 spiro atoms. The van der Waals surface area contributed by atoms with E-state index in [2.05, 4.69) is 43.1 Å². The highest BCUT2D eigenvalue weighted by Gasteiger charge is 2.15. The number of benzene rings is 1. The highest BCUT2D eigenvalue weighted by atomic mass is 127. The van der Waals surface area contributed by atoms with E-state index < -0.39 is 0 Å². The van der Waals surface area contributed by atoms with E-state index in [9.17, 15) is 0 Å². The van der Waals surface area contributed by atoms with Crippen LogP contribution in [0.3, 0.4) is 0 Å². The number of rotatable bonds is 5. The minimum atomic E-state index is 0. The van der Waals surface area contributed by atoms with Gasteiger partial charge in [-0.25, -0.2) is 4.99 Å². The number of hydrogen-bond acceptors (Lipinski definition) is 2. The van der Waals surface area contributed by atoms with E-state index in [4.69, 9.17) is 9.73 Å². The van der Waals surface area contributed by atoms with Crippen molar-refractivity contribution >= 4 is 29.9 Å². The molecule has 1 atom stereocenters. The summed E-state index contributed by atoms with van der Waals surface area (Å²) in [5.41, 5.74) is 1.22. The second-order valence-electron chi connectivity index (χ2n) is 5.63. The Hall–Kier alpha value is -0.980. The van der Waals surface area contributed by atoms with Gasteiger partial charge in [-0.15, -0.1) is 24.0 Å². The van der Waals surface area contributed by atoms with Crippen molar-refractivity contribution < 1.29 is 4.74 Å². The number of nitrogens with zero attached hydrogens (tertiary/aromatic N) is 2. The van der Waals surface area contributed by atoms with Crippen LogP contribution in [0.1, 0.15) is 32.3 Å². The highest BCUT2D eigenvalue weighted by Crippen LogP contribution is 2.14. The Morgan fingerprint density at radius 1 is 1.36 bits per heavy atom. The van der Waals surface area contributed by atoms with Gasteiger partial charge in [-0.05, 0) is 51.3 Å². The van der Waals surface area contributed by atoms with Crippen LogP contribution >= 0.6 is 24.0 Å². The molecule has 2 rings (SSSR count). The Bertz CT molecular complexity index is 473. The predicted octanol–water partition coefficient (Wildman–Crippen LogP) is 3.44. The monoisotopic (exact) mass is 417 g/mol. The van der Waals surface area contributed by atoms with E-state index in [1.54, 1.807) is 0 Å². The Kier molecular flexibility index (Phi) is 8.60. The standard InChI is InChI=1S/C17H27N3O.HI/c1-4-18-17(20-10-5-6-11-20)19-13-15(3)21-16-9-7-8-14(2)12-16;/h7-9,12,15H,4-6,10-11,13H2,1-3H3,(H,18,19);1H. The summed E-state index contributed by atoms with van der Waals surface area (Å²) >= 11 is 0. The zero-order valence-corrected chi connectivity index (χ0v) is 16.2. The van der Waals surface area contributed by atoms with Gasteiger partial charge in [0.25, 0.3) is 0 Å². The molecule has 0 amide bonds. The van der Waals surface area contributed by atoms with Crippen molar-refractivity contribution in [2.45, 2.75) is 39.7 Å². The minimum Gasteiger partial charge on any atom is -0.489 e. The molecule has 1 saturated heterocycles. The van der Waals surface area contributed by atoms with Gasteiger partial charge in [0.1, 0.15) is 11.9 Å². The molecule has 0 bridgehead atoms. The maximum Gasteiger partial charge on any atom is 0.194 e. The van der Waals surface area contributed by atoms with Crippen molar-refractivity contribution in [2.24, 2.45) is 4.99 Å². The molecule has 1 aliphatic heterocycles. The largest absolute Gasteiger partial charge is 0.489 e. The molecule has 1 aromatic carbocycles. The van der Waals surface area contributed by atoms with Crippen LogP contribution in [0.5, 0.6) is 5.75 Å². The fraction of sp³-hybridized carbons (Fsp3) is 0.588. The first-order valence-electron chi connectivity index (χ1n) is 7.95. The minimum absolute atomic E-state index is 0. The molecule has 1 aromatic rings. The maximum absolute atomic E-state index is 5.93. The molecular weight excluding hydrogens is 389 g/mol. The number of halogens is 1. The average Bonchev–Trinajstić information content (AvgIpc) is 2.97. The third-order valence-electron chi connectivity index (χ3n) is 3.57. The van der Waals surface area contributed by atoms with Gasteiger partial charge in [0.15, 0.2) is 5.96 Å². The Morgan fingerprint density at radius 3 is 2.73 bits per heavy atom. The quantitative estimate of drug-likeness (QED) is 0.453. The number of nitrogens with one attached hydrogen (secondary N) is 1. The van der Waals surface area contributed by atoms with Crippen molar-refractivity contribution in [1.29, 1.82) is 0 Å². The summed E-state index contributed by atoms with van der Waals surface area (Å²) in [6, 6.07) is 8.16. The zero-order chi connectivity index (χ0) is 15.1. The van der Waals surface area contributed by atoms with E-state index in [1.165, 1.54) is 18.4 Å². The van der Waals surface area contributed by atoms with Crippen LogP contribution in [0, 0.1) is 6.92 Å². The van der Waals surface area contributed by atoms with Crippen molar-refractivity contribution in [3.05, 3.63) is 29.8 Å². The molecule has 0 aromatic heterocycles. The number of aryl methyl sites for hydroxylation is 1. The SMILES string of the molecule is CCNC(=NCC(C)Oc1cccc(C)c1)N1CCCC1.I. The van der Waals surface area contributed by atoms with Gasteiger partial charge in [0.05, 0.1) is 6.54 Å². The van der Waals surface area contributed by atoms with Crippen LogP contribution in [0.2, 0.25) is 0 Å². The molecule has 1 unspecified atom stereocenters. The van der Waals surface area contributed by atoms with Crippen LogP contribution < -0.4 is 10.1 Å². The molecule has 1 N–H and O–H groups in total. The molecule has 4 nitrogen and oxygen atoms in total. The lowest BCUT2D eigenvalue weighted by molar-refractivity contribution is 0.229. The third-order valence-corrected chi connectivity index (χ3v) is 3.57. The van der Waals surface area contributed by atoms with E-state index in [-0.39, 0.29) is 30.1 Å². The lowest BCUT2D eigenvalue weighted by atomic mass is 10.2. The van der Waals surface area contributed by atoms with Gasteiger partial charge in [-0.1, -0.05) is 12.1 Å². The van der Waals surface area contributed by atoms with Crippen LogP contribution in [-0.2, 0) is 0 Å². The first-order valence-corrected chi connectivity index (χ1v) is 7.95. The summed E-state index contributed by atoms with van der Waals surface area (Å²) in [6.45, 7) is 10.1. The summed E-state index contributed by atoms with van der Waals surface area (Å²) in [6.07, 6.45) is 2.60. The second kappa shape index (κ2) is 9.92. The number of aliphatic imine (C=N–C) groups is 1. The smallest absolute Gasteiger partial charge is 0.194 e. The third kappa shape index (κ3) is 6.02. The van der Waals surface area contributed by atoms with Crippen LogP contribution in [0.4, 0.5) is 0 Å². The summed E-state index contributed by atoms with van der Waals surface area (Å²) in [5, 5.41) is 3.37. The van der Waals surface area contributed by atoms with Crippen LogP contribution in [0.15, 0.2) is 29.3 Å². The average molecular weight is 417 g/mol. The maximum atomic E-state index is 5.93. The Labute approximate surface area is 151 Å². The molecule has 124 valence electrons. The van der Waals surface area contributed by atoms with Gasteiger partial charge in [-0.3, -0.25) is 0 Å². The molecule has 1 aliphatic rings. The van der Waals surface area contributed by atoms with Crippen molar-refractivity contribution in [1.82, 2.24) is 10.2 Å². The van der Waals surface area contributed by atoms with Crippen LogP contribution in [0.25, 0.3) is 0 Å². The predicted molar refractivity (Wildman–Crippen MR) is 103 cm³/mol. The number of likely N-dealkylation sites (tertiary alicyclic amines) is 1. The number of hydrogen-bond donors (Lipinski definition) is 1. The van der Waals surface area contributed by atoms with Gasteiger partial charge < -0.3 is 15.0 Å². The Balaban J connectivity index is 0.00000242. The van der Waals surface area contributed by atoms with E-state index in [1.807, 2.05) is 12.1 Å². The molecule has 1 fully saturated rings. The van der Waals surface area contributed by atoms with Crippen LogP contribution in [-0.4, -0.2) is 43.1 Å². The van der Waals surface area contributed by atoms with Gasteiger partial charge in [0.2, 0.25) is 0 Å². The molecule has 1 heterocycles.